The van der Waals surface area contributed by atoms with Crippen molar-refractivity contribution in [3.8, 4) is 0 Å². The van der Waals surface area contributed by atoms with Crippen LogP contribution in [-0.4, -0.2) is 31.6 Å². The van der Waals surface area contributed by atoms with Crippen molar-refractivity contribution >= 4 is 23.1 Å². The molecule has 32 heavy (non-hydrogen) atoms. The Morgan fingerprint density at radius 2 is 1.84 bits per heavy atom. The maximum absolute atomic E-state index is 13.5. The summed E-state index contributed by atoms with van der Waals surface area (Å²) in [5, 5.41) is 22.1. The number of halogens is 1. The molecule has 1 aliphatic rings. The molecule has 0 spiro atoms. The number of hydrogen-bond donors (Lipinski definition) is 1. The van der Waals surface area contributed by atoms with Crippen LogP contribution in [0.25, 0.3) is 5.76 Å². The maximum atomic E-state index is 13.5. The third kappa shape index (κ3) is 3.83. The van der Waals surface area contributed by atoms with Gasteiger partial charge in [-0.3, -0.25) is 24.7 Å². The van der Waals surface area contributed by atoms with E-state index < -0.39 is 34.2 Å². The van der Waals surface area contributed by atoms with E-state index in [2.05, 4.69) is 4.98 Å². The highest BCUT2D eigenvalue weighted by atomic mass is 19.1. The summed E-state index contributed by atoms with van der Waals surface area (Å²) >= 11 is 0. The van der Waals surface area contributed by atoms with Crippen LogP contribution >= 0.6 is 0 Å². The molecular formula is C23H16FN3O5. The summed E-state index contributed by atoms with van der Waals surface area (Å²) in [6, 6.07) is 14.4. The number of benzene rings is 2. The van der Waals surface area contributed by atoms with Crippen LogP contribution in [0.2, 0.25) is 0 Å². The number of pyridine rings is 1. The second-order valence-electron chi connectivity index (χ2n) is 7.11. The number of carbonyl (C=O) groups excluding carboxylic acids is 2. The van der Waals surface area contributed by atoms with Gasteiger partial charge in [-0.2, -0.15) is 0 Å². The van der Waals surface area contributed by atoms with Crippen LogP contribution in [-0.2, 0) is 16.1 Å². The van der Waals surface area contributed by atoms with Gasteiger partial charge in [0.15, 0.2) is 0 Å². The molecule has 4 rings (SSSR count). The quantitative estimate of drug-likeness (QED) is 0.216. The van der Waals surface area contributed by atoms with E-state index in [0.717, 1.165) is 6.07 Å². The molecule has 1 saturated heterocycles. The van der Waals surface area contributed by atoms with Crippen molar-refractivity contribution in [1.82, 2.24) is 9.88 Å². The smallest absolute Gasteiger partial charge is 0.296 e. The molecule has 0 saturated carbocycles. The van der Waals surface area contributed by atoms with Crippen molar-refractivity contribution in [3.05, 3.63) is 111 Å². The van der Waals surface area contributed by atoms with Crippen molar-refractivity contribution < 1.29 is 24.0 Å². The number of nitro groups is 1. The van der Waals surface area contributed by atoms with Crippen molar-refractivity contribution in [3.63, 3.8) is 0 Å². The molecule has 1 unspecified atom stereocenters. The fraction of sp³-hybridized carbons (Fsp3) is 0.0870. The lowest BCUT2D eigenvalue weighted by Gasteiger charge is -2.25. The van der Waals surface area contributed by atoms with E-state index in [1.807, 2.05) is 0 Å². The number of carbonyl (C=O) groups is 2. The highest BCUT2D eigenvalue weighted by Crippen LogP contribution is 2.40. The summed E-state index contributed by atoms with van der Waals surface area (Å²) in [7, 11) is 0. The third-order valence-electron chi connectivity index (χ3n) is 5.11. The van der Waals surface area contributed by atoms with E-state index in [-0.39, 0.29) is 23.4 Å². The zero-order valence-electron chi connectivity index (χ0n) is 16.5. The lowest BCUT2D eigenvalue weighted by atomic mass is 9.95. The second kappa shape index (κ2) is 8.38. The summed E-state index contributed by atoms with van der Waals surface area (Å²) < 4.78 is 13.5. The number of nitro benzene ring substituents is 1. The number of ketones is 1. The number of rotatable bonds is 5. The summed E-state index contributed by atoms with van der Waals surface area (Å²) in [5.74, 6) is -2.87. The molecular weight excluding hydrogens is 417 g/mol. The summed E-state index contributed by atoms with van der Waals surface area (Å²) in [6.07, 6.45) is 1.54. The van der Waals surface area contributed by atoms with Gasteiger partial charge < -0.3 is 10.0 Å². The number of likely N-dealkylation sites (tertiary alicyclic amines) is 1. The van der Waals surface area contributed by atoms with Crippen molar-refractivity contribution in [2.45, 2.75) is 12.6 Å². The van der Waals surface area contributed by atoms with Gasteiger partial charge >= 0.3 is 0 Å². The van der Waals surface area contributed by atoms with E-state index in [1.54, 1.807) is 24.4 Å². The zero-order valence-corrected chi connectivity index (χ0v) is 16.5. The molecule has 1 amide bonds. The van der Waals surface area contributed by atoms with Crippen LogP contribution in [0.5, 0.6) is 0 Å². The number of aliphatic hydroxyl groups is 1. The standard InChI is InChI=1S/C23H16FN3O5/c24-16-9-7-14(8-10-16)20-19(21(28)15-4-3-6-18(12-15)27(31)32)22(29)23(30)26(20)13-17-5-1-2-11-25-17/h1-12,20,28H,13H2/b21-19-. The SMILES string of the molecule is O=C1C(=O)N(Cc2ccccn2)C(c2ccc(F)cc2)/C1=C(/O)c1cccc([N+](=O)[O-])c1. The molecule has 1 atom stereocenters. The largest absolute Gasteiger partial charge is 0.507 e. The number of Topliss-reactive ketones (excluding diaryl/α,β-unsaturated/α-hetero) is 1. The molecule has 9 heteroatoms. The number of non-ortho nitro benzene ring substituents is 1. The zero-order chi connectivity index (χ0) is 22.8. The first-order chi connectivity index (χ1) is 15.4. The number of aromatic nitrogens is 1. The van der Waals surface area contributed by atoms with Gasteiger partial charge in [0, 0.05) is 23.9 Å². The molecule has 8 nitrogen and oxygen atoms in total. The van der Waals surface area contributed by atoms with E-state index in [0.29, 0.717) is 11.3 Å². The average Bonchev–Trinajstić information content (AvgIpc) is 3.05. The highest BCUT2D eigenvalue weighted by Gasteiger charge is 2.46. The predicted octanol–water partition coefficient (Wildman–Crippen LogP) is 3.75. The molecule has 1 fully saturated rings. The van der Waals surface area contributed by atoms with Crippen LogP contribution in [0.15, 0.2) is 78.5 Å². The summed E-state index contributed by atoms with van der Waals surface area (Å²) in [5.41, 5.74) is 0.403. The second-order valence-corrected chi connectivity index (χ2v) is 7.11. The fourth-order valence-corrected chi connectivity index (χ4v) is 3.62. The average molecular weight is 433 g/mol. The van der Waals surface area contributed by atoms with Gasteiger partial charge in [-0.15, -0.1) is 0 Å². The lowest BCUT2D eigenvalue weighted by Crippen LogP contribution is -2.29. The van der Waals surface area contributed by atoms with Crippen LogP contribution in [0.3, 0.4) is 0 Å². The first kappa shape index (κ1) is 20.9. The van der Waals surface area contributed by atoms with Gasteiger partial charge in [0.25, 0.3) is 17.4 Å². The number of amides is 1. The molecule has 2 heterocycles. The molecule has 0 bridgehead atoms. The maximum Gasteiger partial charge on any atom is 0.296 e. The minimum absolute atomic E-state index is 0.0159. The summed E-state index contributed by atoms with van der Waals surface area (Å²) in [4.78, 5) is 41.8. The molecule has 1 aromatic heterocycles. The minimum Gasteiger partial charge on any atom is -0.507 e. The predicted molar refractivity (Wildman–Crippen MR) is 112 cm³/mol. The number of nitrogens with zero attached hydrogens (tertiary/aromatic N) is 3. The molecule has 1 aliphatic heterocycles. The Morgan fingerprint density at radius 3 is 2.50 bits per heavy atom. The van der Waals surface area contributed by atoms with E-state index in [1.165, 1.54) is 47.4 Å². The summed E-state index contributed by atoms with van der Waals surface area (Å²) in [6.45, 7) is -0.0286. The molecule has 1 N–H and O–H groups in total. The molecule has 2 aromatic carbocycles. The molecule has 0 aliphatic carbocycles. The van der Waals surface area contributed by atoms with Crippen molar-refractivity contribution in [2.24, 2.45) is 0 Å². The van der Waals surface area contributed by atoms with Gasteiger partial charge in [-0.25, -0.2) is 4.39 Å². The normalized spacial score (nSPS) is 17.5. The molecule has 3 aromatic rings. The van der Waals surface area contributed by atoms with Gasteiger partial charge in [-0.05, 0) is 29.8 Å². The van der Waals surface area contributed by atoms with Gasteiger partial charge in [0.05, 0.1) is 28.8 Å². The van der Waals surface area contributed by atoms with E-state index in [4.69, 9.17) is 0 Å². The Morgan fingerprint density at radius 1 is 1.09 bits per heavy atom. The number of aliphatic hydroxyl groups excluding tert-OH is 1. The van der Waals surface area contributed by atoms with Gasteiger partial charge in [0.1, 0.15) is 11.6 Å². The Kier molecular flexibility index (Phi) is 5.46. The first-order valence-corrected chi connectivity index (χ1v) is 9.55. The Balaban J connectivity index is 1.87. The monoisotopic (exact) mass is 433 g/mol. The van der Waals surface area contributed by atoms with Gasteiger partial charge in [0.2, 0.25) is 0 Å². The fourth-order valence-electron chi connectivity index (χ4n) is 3.62. The lowest BCUT2D eigenvalue weighted by molar-refractivity contribution is -0.384. The molecule has 0 radical (unpaired) electrons. The molecule has 160 valence electrons. The van der Waals surface area contributed by atoms with E-state index >= 15 is 0 Å². The van der Waals surface area contributed by atoms with Crippen LogP contribution < -0.4 is 0 Å². The van der Waals surface area contributed by atoms with Crippen molar-refractivity contribution in [2.75, 3.05) is 0 Å². The van der Waals surface area contributed by atoms with Crippen LogP contribution in [0, 0.1) is 15.9 Å². The highest BCUT2D eigenvalue weighted by molar-refractivity contribution is 6.46. The minimum atomic E-state index is -1.03. The van der Waals surface area contributed by atoms with Crippen molar-refractivity contribution in [1.29, 1.82) is 0 Å². The first-order valence-electron chi connectivity index (χ1n) is 9.55. The topological polar surface area (TPSA) is 114 Å². The third-order valence-corrected chi connectivity index (χ3v) is 5.11. The van der Waals surface area contributed by atoms with E-state index in [9.17, 15) is 29.2 Å². The Hall–Kier alpha value is -4.40. The van der Waals surface area contributed by atoms with Crippen LogP contribution in [0.1, 0.15) is 22.9 Å². The number of hydrogen-bond acceptors (Lipinski definition) is 6. The van der Waals surface area contributed by atoms with Crippen LogP contribution in [0.4, 0.5) is 10.1 Å². The Labute approximate surface area is 181 Å². The van der Waals surface area contributed by atoms with Gasteiger partial charge in [-0.1, -0.05) is 30.3 Å². The Bertz CT molecular complexity index is 1240.